The summed E-state index contributed by atoms with van der Waals surface area (Å²) < 4.78 is 27.2. The molecule has 0 aliphatic heterocycles. The quantitative estimate of drug-likeness (QED) is 0.672. The highest BCUT2D eigenvalue weighted by Gasteiger charge is 2.25. The van der Waals surface area contributed by atoms with E-state index in [1.54, 1.807) is 43.3 Å². The highest BCUT2D eigenvalue weighted by Crippen LogP contribution is 2.19. The first kappa shape index (κ1) is 20.3. The third-order valence-electron chi connectivity index (χ3n) is 3.68. The van der Waals surface area contributed by atoms with Gasteiger partial charge in [-0.1, -0.05) is 35.0 Å². The summed E-state index contributed by atoms with van der Waals surface area (Å²) in [5, 5.41) is 2.63. The maximum atomic E-state index is 12.7. The summed E-state index contributed by atoms with van der Waals surface area (Å²) in [5.41, 5.74) is 0.914. The highest BCUT2D eigenvalue weighted by atomic mass is 79.9. The molecular formula is C18H19BrN2O4S. The van der Waals surface area contributed by atoms with E-state index in [1.807, 2.05) is 0 Å². The second-order valence-electron chi connectivity index (χ2n) is 5.57. The average molecular weight is 439 g/mol. The standard InChI is InChI=1S/C18H19BrN2O4S/c1-3-21(26(24,25)17-9-7-15(19)8-10-17)12-18(23)20-16-6-4-5-14(11-16)13(2)22/h4-11H,3,12H2,1-2H3,(H,20,23). The number of carbonyl (C=O) groups is 2. The van der Waals surface area contributed by atoms with Crippen LogP contribution in [0.1, 0.15) is 24.2 Å². The van der Waals surface area contributed by atoms with E-state index >= 15 is 0 Å². The minimum absolute atomic E-state index is 0.117. The molecule has 8 heteroatoms. The minimum Gasteiger partial charge on any atom is -0.325 e. The van der Waals surface area contributed by atoms with Crippen LogP contribution in [0, 0.1) is 0 Å². The van der Waals surface area contributed by atoms with E-state index in [0.29, 0.717) is 11.3 Å². The zero-order chi connectivity index (χ0) is 19.3. The minimum atomic E-state index is -3.78. The number of nitrogens with one attached hydrogen (secondary N) is 1. The first-order valence-electron chi connectivity index (χ1n) is 7.90. The Morgan fingerprint density at radius 2 is 1.77 bits per heavy atom. The van der Waals surface area contributed by atoms with Crippen molar-refractivity contribution < 1.29 is 18.0 Å². The molecule has 26 heavy (non-hydrogen) atoms. The Morgan fingerprint density at radius 3 is 2.35 bits per heavy atom. The van der Waals surface area contributed by atoms with Crippen molar-refractivity contribution in [3.63, 3.8) is 0 Å². The summed E-state index contributed by atoms with van der Waals surface area (Å²) in [6.07, 6.45) is 0. The molecule has 2 rings (SSSR count). The predicted octanol–water partition coefficient (Wildman–Crippen LogP) is 3.30. The van der Waals surface area contributed by atoms with E-state index in [1.165, 1.54) is 19.1 Å². The van der Waals surface area contributed by atoms with Gasteiger partial charge in [-0.15, -0.1) is 0 Å². The number of ketones is 1. The van der Waals surface area contributed by atoms with Crippen molar-refractivity contribution in [3.05, 3.63) is 58.6 Å². The zero-order valence-corrected chi connectivity index (χ0v) is 16.8. The van der Waals surface area contributed by atoms with Crippen LogP contribution in [0.3, 0.4) is 0 Å². The lowest BCUT2D eigenvalue weighted by Crippen LogP contribution is -2.37. The smallest absolute Gasteiger partial charge is 0.243 e. The van der Waals surface area contributed by atoms with E-state index in [2.05, 4.69) is 21.2 Å². The first-order chi connectivity index (χ1) is 12.2. The number of sulfonamides is 1. The Hall–Kier alpha value is -2.03. The molecule has 0 bridgehead atoms. The number of benzene rings is 2. The molecule has 138 valence electrons. The molecule has 0 unspecified atom stereocenters. The van der Waals surface area contributed by atoms with Crippen molar-refractivity contribution in [1.29, 1.82) is 0 Å². The number of hydrogen-bond donors (Lipinski definition) is 1. The predicted molar refractivity (Wildman–Crippen MR) is 104 cm³/mol. The number of hydrogen-bond acceptors (Lipinski definition) is 4. The molecule has 0 saturated heterocycles. The topological polar surface area (TPSA) is 83.6 Å². The molecule has 2 aromatic rings. The van der Waals surface area contributed by atoms with E-state index in [4.69, 9.17) is 0 Å². The average Bonchev–Trinajstić information content (AvgIpc) is 2.60. The van der Waals surface area contributed by atoms with Gasteiger partial charge in [0.05, 0.1) is 11.4 Å². The number of Topliss-reactive ketones (excluding diaryl/α,β-unsaturated/α-hetero) is 1. The van der Waals surface area contributed by atoms with Crippen LogP contribution >= 0.6 is 15.9 Å². The molecular weight excluding hydrogens is 420 g/mol. The van der Waals surface area contributed by atoms with Crippen LogP contribution in [-0.4, -0.2) is 37.5 Å². The van der Waals surface area contributed by atoms with Gasteiger partial charge in [-0.05, 0) is 43.3 Å². The van der Waals surface area contributed by atoms with Gasteiger partial charge < -0.3 is 5.32 Å². The van der Waals surface area contributed by atoms with Gasteiger partial charge in [0, 0.05) is 22.3 Å². The van der Waals surface area contributed by atoms with Gasteiger partial charge in [0.25, 0.3) is 0 Å². The molecule has 1 N–H and O–H groups in total. The molecule has 0 aliphatic carbocycles. The van der Waals surface area contributed by atoms with Crippen LogP contribution in [0.2, 0.25) is 0 Å². The maximum Gasteiger partial charge on any atom is 0.243 e. The molecule has 1 amide bonds. The lowest BCUT2D eigenvalue weighted by molar-refractivity contribution is -0.116. The second-order valence-corrected chi connectivity index (χ2v) is 8.42. The fourth-order valence-corrected chi connectivity index (χ4v) is 3.97. The Morgan fingerprint density at radius 1 is 1.12 bits per heavy atom. The van der Waals surface area contributed by atoms with E-state index < -0.39 is 15.9 Å². The summed E-state index contributed by atoms with van der Waals surface area (Å²) >= 11 is 3.26. The summed E-state index contributed by atoms with van der Waals surface area (Å²) in [6.45, 7) is 2.93. The number of nitrogens with zero attached hydrogens (tertiary/aromatic N) is 1. The number of rotatable bonds is 7. The van der Waals surface area contributed by atoms with Crippen LogP contribution in [0.25, 0.3) is 0 Å². The molecule has 0 heterocycles. The van der Waals surface area contributed by atoms with Gasteiger partial charge >= 0.3 is 0 Å². The van der Waals surface area contributed by atoms with E-state index in [0.717, 1.165) is 8.78 Å². The first-order valence-corrected chi connectivity index (χ1v) is 10.1. The maximum absolute atomic E-state index is 12.7. The molecule has 0 fully saturated rings. The molecule has 0 saturated carbocycles. The van der Waals surface area contributed by atoms with Gasteiger partial charge in [0.2, 0.25) is 15.9 Å². The SMILES string of the molecule is CCN(CC(=O)Nc1cccc(C(C)=O)c1)S(=O)(=O)c1ccc(Br)cc1. The van der Waals surface area contributed by atoms with Crippen LogP contribution in [0.4, 0.5) is 5.69 Å². The Balaban J connectivity index is 2.14. The molecule has 0 aliphatic rings. The van der Waals surface area contributed by atoms with Gasteiger partial charge in [-0.25, -0.2) is 8.42 Å². The second kappa shape index (κ2) is 8.57. The van der Waals surface area contributed by atoms with Crippen LogP contribution in [0.5, 0.6) is 0 Å². The van der Waals surface area contributed by atoms with Gasteiger partial charge in [0.1, 0.15) is 0 Å². The van der Waals surface area contributed by atoms with Crippen molar-refractivity contribution in [2.45, 2.75) is 18.7 Å². The van der Waals surface area contributed by atoms with Crippen molar-refractivity contribution in [2.75, 3.05) is 18.4 Å². The number of anilines is 1. The lowest BCUT2D eigenvalue weighted by Gasteiger charge is -2.20. The van der Waals surface area contributed by atoms with Gasteiger partial charge in [-0.3, -0.25) is 9.59 Å². The molecule has 6 nitrogen and oxygen atoms in total. The van der Waals surface area contributed by atoms with Crippen molar-refractivity contribution in [2.24, 2.45) is 0 Å². The Kier molecular flexibility index (Phi) is 6.69. The Labute approximate surface area is 161 Å². The van der Waals surface area contributed by atoms with Crippen molar-refractivity contribution in [3.8, 4) is 0 Å². The fourth-order valence-electron chi connectivity index (χ4n) is 2.30. The van der Waals surface area contributed by atoms with Crippen molar-refractivity contribution in [1.82, 2.24) is 4.31 Å². The monoisotopic (exact) mass is 438 g/mol. The van der Waals surface area contributed by atoms with E-state index in [-0.39, 0.29) is 23.8 Å². The summed E-state index contributed by atoms with van der Waals surface area (Å²) in [4.78, 5) is 23.8. The van der Waals surface area contributed by atoms with Crippen molar-refractivity contribution >= 4 is 43.3 Å². The molecule has 0 spiro atoms. The van der Waals surface area contributed by atoms with Crippen LogP contribution in [0.15, 0.2) is 57.9 Å². The van der Waals surface area contributed by atoms with Crippen LogP contribution in [-0.2, 0) is 14.8 Å². The largest absolute Gasteiger partial charge is 0.325 e. The molecule has 2 aromatic carbocycles. The summed E-state index contributed by atoms with van der Waals surface area (Å²) in [6, 6.07) is 12.7. The Bertz CT molecular complexity index is 911. The van der Waals surface area contributed by atoms with E-state index in [9.17, 15) is 18.0 Å². The third-order valence-corrected chi connectivity index (χ3v) is 6.14. The molecule has 0 aromatic heterocycles. The van der Waals surface area contributed by atoms with Gasteiger partial charge in [-0.2, -0.15) is 4.31 Å². The number of carbonyl (C=O) groups excluding carboxylic acids is 2. The molecule has 0 atom stereocenters. The fraction of sp³-hybridized carbons (Fsp3) is 0.222. The highest BCUT2D eigenvalue weighted by molar-refractivity contribution is 9.10. The third kappa shape index (κ3) is 5.00. The number of amides is 1. The number of halogens is 1. The summed E-state index contributed by atoms with van der Waals surface area (Å²) in [7, 11) is -3.78. The van der Waals surface area contributed by atoms with Gasteiger partial charge in [0.15, 0.2) is 5.78 Å². The zero-order valence-electron chi connectivity index (χ0n) is 14.4. The lowest BCUT2D eigenvalue weighted by atomic mass is 10.1. The summed E-state index contributed by atoms with van der Waals surface area (Å²) in [5.74, 6) is -0.595. The molecule has 0 radical (unpaired) electrons. The van der Waals surface area contributed by atoms with Crippen LogP contribution < -0.4 is 5.32 Å². The normalized spacial score (nSPS) is 11.4. The number of likely N-dealkylation sites (N-methyl/N-ethyl adjacent to an activating group) is 1.